The van der Waals surface area contributed by atoms with Gasteiger partial charge in [0.2, 0.25) is 5.91 Å². The van der Waals surface area contributed by atoms with Gasteiger partial charge in [-0.3, -0.25) is 9.59 Å². The van der Waals surface area contributed by atoms with E-state index in [0.717, 1.165) is 49.8 Å². The Morgan fingerprint density at radius 1 is 1.06 bits per heavy atom. The van der Waals surface area contributed by atoms with E-state index in [1.807, 2.05) is 10.8 Å². The summed E-state index contributed by atoms with van der Waals surface area (Å²) < 4.78 is 15.2. The minimum absolute atomic E-state index is 0.103. The topological polar surface area (TPSA) is 89.8 Å². The average Bonchev–Trinajstić information content (AvgIpc) is 2.86. The van der Waals surface area contributed by atoms with E-state index >= 15 is 0 Å². The van der Waals surface area contributed by atoms with Crippen molar-refractivity contribution in [2.75, 3.05) is 6.54 Å². The molecule has 2 aromatic heterocycles. The number of aryl methyl sites for hydroxylation is 1. The molecule has 0 atom stereocenters. The molecule has 3 rings (SSSR count). The SMILES string of the molecule is CCCCNC(=O)CCCCCn1cc(Cc2cncnc2)c(=O)nc1SCc1ccc(F)cc1. The van der Waals surface area contributed by atoms with Crippen LogP contribution in [0.15, 0.2) is 59.1 Å². The highest BCUT2D eigenvalue weighted by atomic mass is 32.2. The zero-order valence-electron chi connectivity index (χ0n) is 20.1. The molecule has 0 aliphatic rings. The number of hydrogen-bond donors (Lipinski definition) is 1. The van der Waals surface area contributed by atoms with Crippen LogP contribution in [-0.2, 0) is 23.5 Å². The normalized spacial score (nSPS) is 10.9. The van der Waals surface area contributed by atoms with Crippen molar-refractivity contribution in [2.24, 2.45) is 0 Å². The summed E-state index contributed by atoms with van der Waals surface area (Å²) in [5, 5.41) is 3.58. The largest absolute Gasteiger partial charge is 0.356 e. The summed E-state index contributed by atoms with van der Waals surface area (Å²) in [7, 11) is 0. The number of carbonyl (C=O) groups is 1. The third-order valence-electron chi connectivity index (χ3n) is 5.47. The highest BCUT2D eigenvalue weighted by Gasteiger charge is 2.11. The van der Waals surface area contributed by atoms with Crippen LogP contribution in [0, 0.1) is 5.82 Å². The van der Waals surface area contributed by atoms with E-state index in [0.29, 0.717) is 35.9 Å². The highest BCUT2D eigenvalue weighted by molar-refractivity contribution is 7.98. The zero-order valence-corrected chi connectivity index (χ0v) is 20.9. The molecule has 1 N–H and O–H groups in total. The van der Waals surface area contributed by atoms with Gasteiger partial charge in [0, 0.05) is 55.8 Å². The minimum atomic E-state index is -0.276. The fourth-order valence-electron chi connectivity index (χ4n) is 3.53. The van der Waals surface area contributed by atoms with Crippen LogP contribution in [0.1, 0.15) is 62.1 Å². The maximum absolute atomic E-state index is 13.2. The number of benzene rings is 1. The number of carbonyl (C=O) groups excluding carboxylic acids is 1. The number of amides is 1. The molecule has 35 heavy (non-hydrogen) atoms. The quantitative estimate of drug-likeness (QED) is 0.200. The Kier molecular flexibility index (Phi) is 10.9. The van der Waals surface area contributed by atoms with Crippen molar-refractivity contribution < 1.29 is 9.18 Å². The number of hydrogen-bond acceptors (Lipinski definition) is 6. The second kappa shape index (κ2) is 14.4. The van der Waals surface area contributed by atoms with Gasteiger partial charge in [-0.15, -0.1) is 0 Å². The number of halogens is 1. The first kappa shape index (κ1) is 26.5. The van der Waals surface area contributed by atoms with Crippen LogP contribution in [0.4, 0.5) is 4.39 Å². The molecule has 0 unspecified atom stereocenters. The fraction of sp³-hybridized carbons (Fsp3) is 0.423. The molecule has 7 nitrogen and oxygen atoms in total. The number of thioether (sulfide) groups is 1. The summed E-state index contributed by atoms with van der Waals surface area (Å²) in [5.41, 5.74) is 2.12. The summed E-state index contributed by atoms with van der Waals surface area (Å²) in [5.74, 6) is 0.407. The van der Waals surface area contributed by atoms with E-state index in [1.54, 1.807) is 24.5 Å². The molecule has 0 saturated carbocycles. The van der Waals surface area contributed by atoms with Crippen LogP contribution in [0.25, 0.3) is 0 Å². The van der Waals surface area contributed by atoms with Crippen molar-refractivity contribution in [2.45, 2.75) is 69.3 Å². The maximum Gasteiger partial charge on any atom is 0.277 e. The number of rotatable bonds is 14. The second-order valence-electron chi connectivity index (χ2n) is 8.40. The van der Waals surface area contributed by atoms with Gasteiger partial charge in [0.05, 0.1) is 0 Å². The molecule has 0 aliphatic heterocycles. The highest BCUT2D eigenvalue weighted by Crippen LogP contribution is 2.22. The van der Waals surface area contributed by atoms with Crippen LogP contribution in [0.5, 0.6) is 0 Å². The third kappa shape index (κ3) is 9.24. The van der Waals surface area contributed by atoms with Crippen LogP contribution >= 0.6 is 11.8 Å². The molecular weight excluding hydrogens is 465 g/mol. The van der Waals surface area contributed by atoms with Crippen molar-refractivity contribution in [1.29, 1.82) is 0 Å². The molecular formula is C26H32FN5O2S. The van der Waals surface area contributed by atoms with Gasteiger partial charge in [-0.25, -0.2) is 14.4 Å². The van der Waals surface area contributed by atoms with Gasteiger partial charge in [0.1, 0.15) is 12.1 Å². The van der Waals surface area contributed by atoms with E-state index in [1.165, 1.54) is 30.2 Å². The lowest BCUT2D eigenvalue weighted by Crippen LogP contribution is -2.23. The fourth-order valence-corrected chi connectivity index (χ4v) is 4.47. The van der Waals surface area contributed by atoms with E-state index in [-0.39, 0.29) is 17.3 Å². The lowest BCUT2D eigenvalue weighted by Gasteiger charge is -2.14. The monoisotopic (exact) mass is 497 g/mol. The van der Waals surface area contributed by atoms with E-state index in [4.69, 9.17) is 0 Å². The molecule has 186 valence electrons. The molecule has 0 aliphatic carbocycles. The third-order valence-corrected chi connectivity index (χ3v) is 6.54. The van der Waals surface area contributed by atoms with Gasteiger partial charge < -0.3 is 9.88 Å². The predicted octanol–water partition coefficient (Wildman–Crippen LogP) is 4.53. The van der Waals surface area contributed by atoms with E-state index in [9.17, 15) is 14.0 Å². The average molecular weight is 498 g/mol. The Bertz CT molecular complexity index is 1120. The Morgan fingerprint density at radius 3 is 2.57 bits per heavy atom. The van der Waals surface area contributed by atoms with Gasteiger partial charge in [-0.05, 0) is 42.5 Å². The number of unbranched alkanes of at least 4 members (excludes halogenated alkanes) is 3. The predicted molar refractivity (Wildman–Crippen MR) is 136 cm³/mol. The van der Waals surface area contributed by atoms with Crippen molar-refractivity contribution in [3.8, 4) is 0 Å². The van der Waals surface area contributed by atoms with Crippen molar-refractivity contribution in [3.05, 3.63) is 82.0 Å². The lowest BCUT2D eigenvalue weighted by molar-refractivity contribution is -0.121. The summed E-state index contributed by atoms with van der Waals surface area (Å²) in [6, 6.07) is 6.33. The molecule has 1 amide bonds. The van der Waals surface area contributed by atoms with Gasteiger partial charge in [-0.1, -0.05) is 43.7 Å². The Labute approximate surface area is 209 Å². The molecule has 0 bridgehead atoms. The first-order valence-corrected chi connectivity index (χ1v) is 13.0. The summed E-state index contributed by atoms with van der Waals surface area (Å²) >= 11 is 1.46. The zero-order chi connectivity index (χ0) is 24.9. The van der Waals surface area contributed by atoms with Crippen molar-refractivity contribution >= 4 is 17.7 Å². The van der Waals surface area contributed by atoms with Crippen LogP contribution < -0.4 is 10.9 Å². The van der Waals surface area contributed by atoms with Gasteiger partial charge in [0.15, 0.2) is 5.16 Å². The molecule has 0 radical (unpaired) electrons. The number of nitrogens with zero attached hydrogens (tertiary/aromatic N) is 4. The van der Waals surface area contributed by atoms with Gasteiger partial charge in [0.25, 0.3) is 5.56 Å². The summed E-state index contributed by atoms with van der Waals surface area (Å²) in [4.78, 5) is 37.1. The lowest BCUT2D eigenvalue weighted by atomic mass is 10.1. The number of nitrogens with one attached hydrogen (secondary N) is 1. The Morgan fingerprint density at radius 2 is 1.83 bits per heavy atom. The molecule has 1 aromatic carbocycles. The van der Waals surface area contributed by atoms with Crippen LogP contribution in [0.3, 0.4) is 0 Å². The molecule has 0 saturated heterocycles. The van der Waals surface area contributed by atoms with E-state index in [2.05, 4.69) is 27.2 Å². The van der Waals surface area contributed by atoms with Crippen LogP contribution in [-0.4, -0.2) is 32.0 Å². The Balaban J connectivity index is 1.64. The second-order valence-corrected chi connectivity index (χ2v) is 9.34. The van der Waals surface area contributed by atoms with Gasteiger partial charge in [-0.2, -0.15) is 4.98 Å². The molecule has 0 spiro atoms. The standard InChI is InChI=1S/C26H32FN5O2S/c1-2-3-12-30-24(33)7-5-4-6-13-32-17-22(14-21-15-28-19-29-16-21)25(34)31-26(32)35-18-20-8-10-23(27)11-9-20/h8-11,15-17,19H,2-7,12-14,18H2,1H3,(H,30,33). The maximum atomic E-state index is 13.2. The summed E-state index contributed by atoms with van der Waals surface area (Å²) in [6.45, 7) is 3.53. The van der Waals surface area contributed by atoms with Crippen LogP contribution in [0.2, 0.25) is 0 Å². The first-order chi connectivity index (χ1) is 17.0. The van der Waals surface area contributed by atoms with E-state index < -0.39 is 0 Å². The Hall–Kier alpha value is -3.07. The number of aromatic nitrogens is 4. The van der Waals surface area contributed by atoms with Crippen molar-refractivity contribution in [3.63, 3.8) is 0 Å². The first-order valence-electron chi connectivity index (χ1n) is 12.0. The molecule has 0 fully saturated rings. The molecule has 3 aromatic rings. The molecule has 2 heterocycles. The molecule has 9 heteroatoms. The summed E-state index contributed by atoms with van der Waals surface area (Å²) in [6.07, 6.45) is 12.3. The minimum Gasteiger partial charge on any atom is -0.356 e. The van der Waals surface area contributed by atoms with Crippen molar-refractivity contribution in [1.82, 2.24) is 24.8 Å². The van der Waals surface area contributed by atoms with Gasteiger partial charge >= 0.3 is 0 Å². The smallest absolute Gasteiger partial charge is 0.277 e.